The molecule has 0 radical (unpaired) electrons. The van der Waals surface area contributed by atoms with Crippen LogP contribution in [0.5, 0.6) is 11.5 Å². The molecule has 0 saturated carbocycles. The third kappa shape index (κ3) is 5.96. The summed E-state index contributed by atoms with van der Waals surface area (Å²) in [7, 11) is 0. The second-order valence-corrected chi connectivity index (χ2v) is 8.95. The van der Waals surface area contributed by atoms with Crippen LogP contribution in [0.15, 0.2) is 76.6 Å². The summed E-state index contributed by atoms with van der Waals surface area (Å²) >= 11 is 0. The van der Waals surface area contributed by atoms with Crippen molar-refractivity contribution in [2.75, 3.05) is 6.61 Å². The predicted octanol–water partition coefficient (Wildman–Crippen LogP) is 6.07. The van der Waals surface area contributed by atoms with Crippen molar-refractivity contribution in [1.29, 1.82) is 0 Å². The van der Waals surface area contributed by atoms with E-state index in [0.29, 0.717) is 25.7 Å². The fourth-order valence-corrected chi connectivity index (χ4v) is 4.30. The summed E-state index contributed by atoms with van der Waals surface area (Å²) in [6.07, 6.45) is 8.28. The third-order valence-corrected chi connectivity index (χ3v) is 6.24. The number of allylic oxidation sites excluding steroid dienone is 6. The van der Waals surface area contributed by atoms with Crippen molar-refractivity contribution in [2.45, 2.75) is 53.4 Å². The SMILES string of the molecule is C/C=C(\CO)Cc1cc(CC2=CCC(Cc3cc(C)ccc3O)=C(O)C(C)=C2)cc(C)c1O. The number of aliphatic hydroxyl groups is 2. The molecule has 1 aliphatic rings. The number of hydrogen-bond acceptors (Lipinski definition) is 4. The highest BCUT2D eigenvalue weighted by atomic mass is 16.3. The van der Waals surface area contributed by atoms with Gasteiger partial charge in [-0.05, 0) is 97.6 Å². The molecule has 2 aromatic rings. The highest BCUT2D eigenvalue weighted by Crippen LogP contribution is 2.31. The first-order chi connectivity index (χ1) is 15.7. The molecule has 174 valence electrons. The van der Waals surface area contributed by atoms with Crippen molar-refractivity contribution in [2.24, 2.45) is 0 Å². The normalized spacial score (nSPS) is 14.8. The minimum atomic E-state index is -0.0312. The van der Waals surface area contributed by atoms with E-state index in [0.717, 1.165) is 50.1 Å². The topological polar surface area (TPSA) is 80.9 Å². The Kier molecular flexibility index (Phi) is 7.83. The van der Waals surface area contributed by atoms with E-state index in [4.69, 9.17) is 0 Å². The highest BCUT2D eigenvalue weighted by molar-refractivity contribution is 5.49. The predicted molar refractivity (Wildman–Crippen MR) is 134 cm³/mol. The Bertz CT molecular complexity index is 1160. The molecule has 0 fully saturated rings. The van der Waals surface area contributed by atoms with Crippen molar-refractivity contribution in [3.8, 4) is 11.5 Å². The number of aromatic hydroxyl groups is 2. The first-order valence-corrected chi connectivity index (χ1v) is 11.3. The maximum Gasteiger partial charge on any atom is 0.122 e. The van der Waals surface area contributed by atoms with Gasteiger partial charge in [0.2, 0.25) is 0 Å². The van der Waals surface area contributed by atoms with Gasteiger partial charge < -0.3 is 20.4 Å². The van der Waals surface area contributed by atoms with Gasteiger partial charge in [-0.1, -0.05) is 48.1 Å². The van der Waals surface area contributed by atoms with Crippen LogP contribution in [0.25, 0.3) is 0 Å². The van der Waals surface area contributed by atoms with Gasteiger partial charge in [-0.25, -0.2) is 0 Å². The lowest BCUT2D eigenvalue weighted by Gasteiger charge is -2.13. The van der Waals surface area contributed by atoms with E-state index >= 15 is 0 Å². The van der Waals surface area contributed by atoms with E-state index in [1.54, 1.807) is 6.07 Å². The fraction of sp³-hybridized carbons (Fsp3) is 0.310. The molecule has 2 aromatic carbocycles. The van der Waals surface area contributed by atoms with Crippen molar-refractivity contribution in [1.82, 2.24) is 0 Å². The van der Waals surface area contributed by atoms with Crippen molar-refractivity contribution >= 4 is 0 Å². The summed E-state index contributed by atoms with van der Waals surface area (Å²) in [4.78, 5) is 0. The number of rotatable bonds is 7. The van der Waals surface area contributed by atoms with E-state index in [1.165, 1.54) is 0 Å². The van der Waals surface area contributed by atoms with Crippen LogP contribution in [-0.4, -0.2) is 27.0 Å². The maximum atomic E-state index is 10.8. The maximum absolute atomic E-state index is 10.8. The first-order valence-electron chi connectivity index (χ1n) is 11.3. The molecule has 33 heavy (non-hydrogen) atoms. The van der Waals surface area contributed by atoms with Crippen LogP contribution in [0, 0.1) is 13.8 Å². The molecule has 0 spiro atoms. The number of phenols is 2. The van der Waals surface area contributed by atoms with Crippen LogP contribution < -0.4 is 0 Å². The Morgan fingerprint density at radius 1 is 0.970 bits per heavy atom. The smallest absolute Gasteiger partial charge is 0.122 e. The minimum absolute atomic E-state index is 0.0312. The Hall–Kier alpha value is -3.24. The molecule has 4 heteroatoms. The quantitative estimate of drug-likeness (QED) is 0.389. The summed E-state index contributed by atoms with van der Waals surface area (Å²) in [5.41, 5.74) is 8.20. The largest absolute Gasteiger partial charge is 0.508 e. The summed E-state index contributed by atoms with van der Waals surface area (Å²) in [5, 5.41) is 41.1. The molecule has 3 rings (SSSR count). The van der Waals surface area contributed by atoms with E-state index < -0.39 is 0 Å². The zero-order valence-electron chi connectivity index (χ0n) is 19.9. The van der Waals surface area contributed by atoms with E-state index in [2.05, 4.69) is 6.08 Å². The fourth-order valence-electron chi connectivity index (χ4n) is 4.30. The van der Waals surface area contributed by atoms with Gasteiger partial charge in [-0.3, -0.25) is 0 Å². The standard InChI is InChI=1S/C29H34O4/c1-5-21(17-30)14-26-15-23(12-20(4)29(26)33)13-22-7-8-24(28(32)19(3)11-22)16-25-10-18(2)6-9-27(25)31/h5-7,9-12,15,30-33H,8,13-14,16-17H2,1-4H3/b21-5-. The molecule has 0 aliphatic heterocycles. The molecule has 4 nitrogen and oxygen atoms in total. The molecule has 0 bridgehead atoms. The lowest BCUT2D eigenvalue weighted by Crippen LogP contribution is -1.99. The second kappa shape index (κ2) is 10.6. The monoisotopic (exact) mass is 446 g/mol. The summed E-state index contributed by atoms with van der Waals surface area (Å²) < 4.78 is 0. The Morgan fingerprint density at radius 2 is 1.73 bits per heavy atom. The van der Waals surface area contributed by atoms with E-state index in [1.807, 2.05) is 64.1 Å². The van der Waals surface area contributed by atoms with Gasteiger partial charge in [0, 0.05) is 6.42 Å². The molecule has 1 aliphatic carbocycles. The summed E-state index contributed by atoms with van der Waals surface area (Å²) in [6, 6.07) is 9.51. The van der Waals surface area contributed by atoms with Crippen molar-refractivity contribution in [3.05, 3.63) is 104 Å². The lowest BCUT2D eigenvalue weighted by molar-refractivity contribution is 0.328. The van der Waals surface area contributed by atoms with Gasteiger partial charge in [-0.2, -0.15) is 0 Å². The van der Waals surface area contributed by atoms with Gasteiger partial charge in [-0.15, -0.1) is 0 Å². The molecule has 0 aromatic heterocycles. The minimum Gasteiger partial charge on any atom is -0.508 e. The van der Waals surface area contributed by atoms with Gasteiger partial charge in [0.05, 0.1) is 6.61 Å². The molecule has 0 amide bonds. The Balaban J connectivity index is 1.85. The van der Waals surface area contributed by atoms with Gasteiger partial charge in [0.1, 0.15) is 17.3 Å². The second-order valence-electron chi connectivity index (χ2n) is 8.95. The van der Waals surface area contributed by atoms with Gasteiger partial charge in [0.15, 0.2) is 0 Å². The number of phenolic OH excluding ortho intramolecular Hbond substituents is 2. The molecule has 0 unspecified atom stereocenters. The number of aliphatic hydroxyl groups excluding tert-OH is 2. The van der Waals surface area contributed by atoms with Gasteiger partial charge in [0.25, 0.3) is 0 Å². The number of aryl methyl sites for hydroxylation is 2. The number of hydrogen-bond donors (Lipinski definition) is 4. The average molecular weight is 447 g/mol. The molecule has 4 N–H and O–H groups in total. The zero-order chi connectivity index (χ0) is 24.1. The molecule has 0 heterocycles. The van der Waals surface area contributed by atoms with Crippen LogP contribution >= 0.6 is 0 Å². The van der Waals surface area contributed by atoms with Crippen LogP contribution in [0.4, 0.5) is 0 Å². The Labute approximate surface area is 196 Å². The zero-order valence-corrected chi connectivity index (χ0v) is 19.9. The molecule has 0 atom stereocenters. The van der Waals surface area contributed by atoms with Gasteiger partial charge >= 0.3 is 0 Å². The summed E-state index contributed by atoms with van der Waals surface area (Å²) in [6.45, 7) is 7.63. The first kappa shape index (κ1) is 24.4. The van der Waals surface area contributed by atoms with Crippen molar-refractivity contribution < 1.29 is 20.4 Å². The highest BCUT2D eigenvalue weighted by Gasteiger charge is 2.16. The molecular formula is C29H34O4. The van der Waals surface area contributed by atoms with Crippen LogP contribution in [0.2, 0.25) is 0 Å². The number of benzene rings is 2. The molecule has 0 saturated heterocycles. The van der Waals surface area contributed by atoms with Crippen LogP contribution in [0.1, 0.15) is 48.1 Å². The van der Waals surface area contributed by atoms with Crippen LogP contribution in [0.3, 0.4) is 0 Å². The average Bonchev–Trinajstić information content (AvgIpc) is 2.91. The third-order valence-electron chi connectivity index (χ3n) is 6.24. The molecular weight excluding hydrogens is 412 g/mol. The van der Waals surface area contributed by atoms with E-state index in [-0.39, 0.29) is 23.9 Å². The van der Waals surface area contributed by atoms with Crippen LogP contribution in [-0.2, 0) is 19.3 Å². The van der Waals surface area contributed by atoms with Crippen molar-refractivity contribution in [3.63, 3.8) is 0 Å². The lowest BCUT2D eigenvalue weighted by atomic mass is 9.95. The Morgan fingerprint density at radius 3 is 2.42 bits per heavy atom. The summed E-state index contributed by atoms with van der Waals surface area (Å²) in [5.74, 6) is 0.796. The van der Waals surface area contributed by atoms with E-state index in [9.17, 15) is 20.4 Å².